The van der Waals surface area contributed by atoms with Crippen molar-refractivity contribution in [1.82, 2.24) is 0 Å². The zero-order valence-corrected chi connectivity index (χ0v) is 15.4. The van der Waals surface area contributed by atoms with Gasteiger partial charge in [0.15, 0.2) is 0 Å². The van der Waals surface area contributed by atoms with Gasteiger partial charge in [0.05, 0.1) is 19.3 Å². The molecule has 0 aliphatic carbocycles. The van der Waals surface area contributed by atoms with Crippen molar-refractivity contribution in [1.29, 1.82) is 0 Å². The van der Waals surface area contributed by atoms with Crippen LogP contribution < -0.4 is 10.4 Å². The molecule has 2 aromatic carbocycles. The Morgan fingerprint density at radius 1 is 0.963 bits per heavy atom. The lowest BCUT2D eigenvalue weighted by Gasteiger charge is -2.15. The Bertz CT molecular complexity index is 1000. The lowest BCUT2D eigenvalue weighted by molar-refractivity contribution is 0.0523. The summed E-state index contributed by atoms with van der Waals surface area (Å²) < 4.78 is 15.8. The van der Waals surface area contributed by atoms with E-state index in [9.17, 15) is 9.59 Å². The van der Waals surface area contributed by atoms with Gasteiger partial charge in [-0.05, 0) is 37.1 Å². The molecule has 0 aliphatic rings. The summed E-state index contributed by atoms with van der Waals surface area (Å²) in [6.45, 7) is 3.55. The molecule has 5 heteroatoms. The third-order valence-electron chi connectivity index (χ3n) is 4.22. The van der Waals surface area contributed by atoms with Crippen LogP contribution in [-0.4, -0.2) is 19.7 Å². The number of rotatable bonds is 5. The highest BCUT2D eigenvalue weighted by atomic mass is 16.5. The van der Waals surface area contributed by atoms with Crippen LogP contribution >= 0.6 is 0 Å². The quantitative estimate of drug-likeness (QED) is 0.625. The molecule has 0 spiro atoms. The Balaban J connectivity index is 2.37. The smallest absolute Gasteiger partial charge is 0.344 e. The molecule has 1 heterocycles. The molecule has 0 saturated carbocycles. The van der Waals surface area contributed by atoms with Gasteiger partial charge in [0.25, 0.3) is 0 Å². The van der Waals surface area contributed by atoms with Crippen molar-refractivity contribution in [3.05, 3.63) is 76.3 Å². The van der Waals surface area contributed by atoms with Crippen molar-refractivity contribution in [2.45, 2.75) is 13.8 Å². The first-order chi connectivity index (χ1) is 13.1. The standard InChI is InChI=1S/C22H20O5/c1-4-26-21(23)18-14(2)27-22(24)20(15-8-6-5-7-9-15)19(18)16-10-12-17(25-3)13-11-16/h5-13H,4H2,1-3H3. The fraction of sp³-hybridized carbons (Fsp3) is 0.182. The highest BCUT2D eigenvalue weighted by molar-refractivity contribution is 6.02. The van der Waals surface area contributed by atoms with Crippen LogP contribution in [0.4, 0.5) is 0 Å². The molecule has 0 atom stereocenters. The van der Waals surface area contributed by atoms with Crippen molar-refractivity contribution in [2.24, 2.45) is 0 Å². The molecule has 0 unspecified atom stereocenters. The molecule has 27 heavy (non-hydrogen) atoms. The number of hydrogen-bond acceptors (Lipinski definition) is 5. The van der Waals surface area contributed by atoms with E-state index < -0.39 is 11.6 Å². The lowest BCUT2D eigenvalue weighted by Crippen LogP contribution is -2.15. The van der Waals surface area contributed by atoms with Crippen LogP contribution in [0.3, 0.4) is 0 Å². The highest BCUT2D eigenvalue weighted by Crippen LogP contribution is 2.35. The van der Waals surface area contributed by atoms with E-state index in [1.54, 1.807) is 33.1 Å². The van der Waals surface area contributed by atoms with Crippen LogP contribution in [0, 0.1) is 6.92 Å². The number of ether oxygens (including phenoxy) is 2. The molecule has 3 aromatic rings. The van der Waals surface area contributed by atoms with E-state index in [1.807, 2.05) is 42.5 Å². The average Bonchev–Trinajstić information content (AvgIpc) is 2.68. The van der Waals surface area contributed by atoms with Gasteiger partial charge >= 0.3 is 11.6 Å². The first-order valence-corrected chi connectivity index (χ1v) is 8.61. The molecule has 0 N–H and O–H groups in total. The zero-order valence-electron chi connectivity index (χ0n) is 15.4. The summed E-state index contributed by atoms with van der Waals surface area (Å²) in [6, 6.07) is 16.3. The summed E-state index contributed by atoms with van der Waals surface area (Å²) in [5.41, 5.74) is 1.94. The van der Waals surface area contributed by atoms with E-state index in [-0.39, 0.29) is 17.9 Å². The molecule has 3 rings (SSSR count). The van der Waals surface area contributed by atoms with Gasteiger partial charge in [-0.15, -0.1) is 0 Å². The predicted octanol–water partition coefficient (Wildman–Crippen LogP) is 4.47. The summed E-state index contributed by atoms with van der Waals surface area (Å²) in [5, 5.41) is 0. The molecule has 0 amide bonds. The van der Waals surface area contributed by atoms with E-state index in [1.165, 1.54) is 0 Å². The molecule has 0 bridgehead atoms. The molecule has 1 aromatic heterocycles. The lowest BCUT2D eigenvalue weighted by atomic mass is 9.91. The maximum atomic E-state index is 12.7. The monoisotopic (exact) mass is 364 g/mol. The number of carbonyl (C=O) groups excluding carboxylic acids is 1. The molecule has 0 radical (unpaired) electrons. The molecule has 0 aliphatic heterocycles. The van der Waals surface area contributed by atoms with E-state index in [0.29, 0.717) is 28.0 Å². The van der Waals surface area contributed by atoms with Gasteiger partial charge in [-0.2, -0.15) is 0 Å². The minimum atomic E-state index is -0.526. The third-order valence-corrected chi connectivity index (χ3v) is 4.22. The van der Waals surface area contributed by atoms with Crippen LogP contribution in [0.15, 0.2) is 63.8 Å². The number of methoxy groups -OCH3 is 1. The van der Waals surface area contributed by atoms with Gasteiger partial charge in [-0.3, -0.25) is 0 Å². The van der Waals surface area contributed by atoms with Gasteiger partial charge in [0.1, 0.15) is 17.1 Å². The first-order valence-electron chi connectivity index (χ1n) is 8.61. The molecule has 0 saturated heterocycles. The molecule has 0 fully saturated rings. The van der Waals surface area contributed by atoms with Gasteiger partial charge in [0, 0.05) is 5.56 Å². The Morgan fingerprint density at radius 2 is 1.59 bits per heavy atom. The normalized spacial score (nSPS) is 10.5. The van der Waals surface area contributed by atoms with Gasteiger partial charge in [-0.25, -0.2) is 9.59 Å². The maximum Gasteiger partial charge on any atom is 0.344 e. The van der Waals surface area contributed by atoms with Crippen LogP contribution in [-0.2, 0) is 4.74 Å². The first kappa shape index (κ1) is 18.5. The number of esters is 1. The number of benzene rings is 2. The zero-order chi connectivity index (χ0) is 19.4. The number of hydrogen-bond donors (Lipinski definition) is 0. The predicted molar refractivity (Wildman–Crippen MR) is 103 cm³/mol. The van der Waals surface area contributed by atoms with E-state index in [0.717, 1.165) is 0 Å². The molecular weight excluding hydrogens is 344 g/mol. The van der Waals surface area contributed by atoms with Crippen molar-refractivity contribution in [3.8, 4) is 28.0 Å². The Hall–Kier alpha value is -3.34. The average molecular weight is 364 g/mol. The van der Waals surface area contributed by atoms with Gasteiger partial charge in [-0.1, -0.05) is 42.5 Å². The van der Waals surface area contributed by atoms with Crippen molar-refractivity contribution >= 4 is 5.97 Å². The summed E-state index contributed by atoms with van der Waals surface area (Å²) >= 11 is 0. The molecule has 138 valence electrons. The fourth-order valence-electron chi connectivity index (χ4n) is 3.01. The second kappa shape index (κ2) is 7.91. The van der Waals surface area contributed by atoms with Crippen molar-refractivity contribution in [2.75, 3.05) is 13.7 Å². The van der Waals surface area contributed by atoms with E-state index >= 15 is 0 Å². The molecule has 5 nitrogen and oxygen atoms in total. The van der Waals surface area contributed by atoms with Crippen LogP contribution in [0.2, 0.25) is 0 Å². The van der Waals surface area contributed by atoms with Gasteiger partial charge in [0.2, 0.25) is 0 Å². The minimum Gasteiger partial charge on any atom is -0.497 e. The fourth-order valence-corrected chi connectivity index (χ4v) is 3.01. The second-order valence-electron chi connectivity index (χ2n) is 5.89. The SMILES string of the molecule is CCOC(=O)c1c(C)oc(=O)c(-c2ccccc2)c1-c1ccc(OC)cc1. The minimum absolute atomic E-state index is 0.222. The summed E-state index contributed by atoms with van der Waals surface area (Å²) in [7, 11) is 1.58. The van der Waals surface area contributed by atoms with E-state index in [4.69, 9.17) is 13.9 Å². The Kier molecular flexibility index (Phi) is 5.41. The van der Waals surface area contributed by atoms with Crippen molar-refractivity contribution < 1.29 is 18.7 Å². The number of aryl methyl sites for hydroxylation is 1. The largest absolute Gasteiger partial charge is 0.497 e. The van der Waals surface area contributed by atoms with Crippen molar-refractivity contribution in [3.63, 3.8) is 0 Å². The topological polar surface area (TPSA) is 65.7 Å². The maximum absolute atomic E-state index is 12.7. The second-order valence-corrected chi connectivity index (χ2v) is 5.89. The number of carbonyl (C=O) groups is 1. The van der Waals surface area contributed by atoms with Crippen LogP contribution in [0.25, 0.3) is 22.3 Å². The summed E-state index contributed by atoms with van der Waals surface area (Å²) in [5.74, 6) is 0.378. The highest BCUT2D eigenvalue weighted by Gasteiger charge is 2.25. The van der Waals surface area contributed by atoms with Gasteiger partial charge < -0.3 is 13.9 Å². The summed E-state index contributed by atoms with van der Waals surface area (Å²) in [4.78, 5) is 25.4. The van der Waals surface area contributed by atoms with Crippen LogP contribution in [0.5, 0.6) is 5.75 Å². The Labute approximate surface area is 157 Å². The van der Waals surface area contributed by atoms with E-state index in [2.05, 4.69) is 0 Å². The van der Waals surface area contributed by atoms with Crippen LogP contribution in [0.1, 0.15) is 23.0 Å². The third kappa shape index (κ3) is 3.62. The Morgan fingerprint density at radius 3 is 2.19 bits per heavy atom. The summed E-state index contributed by atoms with van der Waals surface area (Å²) in [6.07, 6.45) is 0. The molecular formula is C22H20O5.